The first-order chi connectivity index (χ1) is 12.9. The van der Waals surface area contributed by atoms with Gasteiger partial charge in [-0.3, -0.25) is 9.59 Å². The lowest BCUT2D eigenvalue weighted by Crippen LogP contribution is -2.47. The highest BCUT2D eigenvalue weighted by Crippen LogP contribution is 2.50. The first kappa shape index (κ1) is 23.1. The Morgan fingerprint density at radius 1 is 0.966 bits per heavy atom. The number of fused-ring (bicyclic) bond motifs is 1. The fraction of sp³-hybridized carbons (Fsp3) is 0.571. The lowest BCUT2D eigenvalue weighted by molar-refractivity contribution is -0.258. The van der Waals surface area contributed by atoms with Crippen molar-refractivity contribution in [3.05, 3.63) is 28.8 Å². The van der Waals surface area contributed by atoms with Crippen LogP contribution in [0.3, 0.4) is 0 Å². The summed E-state index contributed by atoms with van der Waals surface area (Å²) in [5.74, 6) is -3.67. The van der Waals surface area contributed by atoms with Crippen molar-refractivity contribution in [1.82, 2.24) is 0 Å². The van der Waals surface area contributed by atoms with Crippen molar-refractivity contribution in [3.8, 4) is 5.75 Å². The summed E-state index contributed by atoms with van der Waals surface area (Å²) in [6.45, 7) is 10.6. The molecular formula is C21H25F3O5. The number of alkyl halides is 3. The Kier molecular flexibility index (Phi) is 5.51. The molecule has 0 saturated carbocycles. The van der Waals surface area contributed by atoms with Gasteiger partial charge in [-0.1, -0.05) is 41.5 Å². The van der Waals surface area contributed by atoms with Gasteiger partial charge in [0, 0.05) is 24.0 Å². The van der Waals surface area contributed by atoms with E-state index in [0.717, 1.165) is 12.1 Å². The van der Waals surface area contributed by atoms with Crippen LogP contribution in [-0.4, -0.2) is 28.8 Å². The lowest BCUT2D eigenvalue weighted by atomic mass is 9.83. The van der Waals surface area contributed by atoms with E-state index < -0.39 is 51.5 Å². The van der Waals surface area contributed by atoms with Gasteiger partial charge in [0.25, 0.3) is 5.60 Å². The second kappa shape index (κ2) is 6.93. The van der Waals surface area contributed by atoms with Gasteiger partial charge in [0.1, 0.15) is 5.75 Å². The minimum Gasteiger partial charge on any atom is -0.423 e. The number of hydrogen-bond acceptors (Lipinski definition) is 5. The SMILES string of the molecule is CC(C)(C)CC(=O)c1cc(C(=O)CC(C)(C)C)c2c(c1)C(O)(C(F)(F)F)C(=O)O2. The molecule has 160 valence electrons. The van der Waals surface area contributed by atoms with E-state index in [0.29, 0.717) is 0 Å². The highest BCUT2D eigenvalue weighted by atomic mass is 19.4. The second-order valence-corrected chi connectivity index (χ2v) is 9.82. The standard InChI is InChI=1S/C21H25F3O5/c1-18(2,3)9-14(25)11-7-12(15(26)10-19(4,5)6)16-13(8-11)20(28,17(27)29-16)21(22,23)24/h7-8,28H,9-10H2,1-6H3. The van der Waals surface area contributed by atoms with Crippen molar-refractivity contribution >= 4 is 17.5 Å². The topological polar surface area (TPSA) is 80.7 Å². The molecule has 1 aliphatic heterocycles. The fourth-order valence-electron chi connectivity index (χ4n) is 3.08. The van der Waals surface area contributed by atoms with Gasteiger partial charge in [-0.25, -0.2) is 4.79 Å². The Labute approximate surface area is 167 Å². The van der Waals surface area contributed by atoms with Crippen LogP contribution in [0, 0.1) is 10.8 Å². The van der Waals surface area contributed by atoms with Gasteiger partial charge in [0.15, 0.2) is 11.6 Å². The largest absolute Gasteiger partial charge is 0.432 e. The van der Waals surface area contributed by atoms with Gasteiger partial charge in [-0.15, -0.1) is 0 Å². The Morgan fingerprint density at radius 2 is 1.45 bits per heavy atom. The van der Waals surface area contributed by atoms with Crippen LogP contribution in [0.2, 0.25) is 0 Å². The second-order valence-electron chi connectivity index (χ2n) is 9.82. The molecule has 2 rings (SSSR count). The van der Waals surface area contributed by atoms with Gasteiger partial charge >= 0.3 is 12.1 Å². The molecule has 0 amide bonds. The maximum absolute atomic E-state index is 13.6. The number of carbonyl (C=O) groups is 3. The predicted octanol–water partition coefficient (Wildman–Crippen LogP) is 4.59. The van der Waals surface area contributed by atoms with Crippen molar-refractivity contribution in [2.75, 3.05) is 0 Å². The minimum absolute atomic E-state index is 0.00205. The van der Waals surface area contributed by atoms with Crippen molar-refractivity contribution in [2.24, 2.45) is 10.8 Å². The zero-order valence-corrected chi connectivity index (χ0v) is 17.3. The van der Waals surface area contributed by atoms with E-state index in [4.69, 9.17) is 4.74 Å². The Bertz CT molecular complexity index is 872. The summed E-state index contributed by atoms with van der Waals surface area (Å²) in [4.78, 5) is 37.4. The third-order valence-corrected chi connectivity index (χ3v) is 4.38. The molecule has 0 fully saturated rings. The maximum atomic E-state index is 13.6. The van der Waals surface area contributed by atoms with Crippen LogP contribution >= 0.6 is 0 Å². The third kappa shape index (κ3) is 4.52. The smallest absolute Gasteiger partial charge is 0.423 e. The first-order valence-electron chi connectivity index (χ1n) is 9.13. The number of carbonyl (C=O) groups excluding carboxylic acids is 3. The van der Waals surface area contributed by atoms with Crippen LogP contribution < -0.4 is 4.74 Å². The molecule has 1 N–H and O–H groups in total. The average molecular weight is 414 g/mol. The number of ether oxygens (including phenoxy) is 1. The molecule has 29 heavy (non-hydrogen) atoms. The molecular weight excluding hydrogens is 389 g/mol. The molecule has 5 nitrogen and oxygen atoms in total. The fourth-order valence-corrected chi connectivity index (χ4v) is 3.08. The molecule has 1 aliphatic rings. The normalized spacial score (nSPS) is 19.7. The Balaban J connectivity index is 2.73. The molecule has 0 aliphatic carbocycles. The van der Waals surface area contributed by atoms with E-state index in [-0.39, 0.29) is 24.0 Å². The summed E-state index contributed by atoms with van der Waals surface area (Å²) < 4.78 is 45.4. The van der Waals surface area contributed by atoms with Gasteiger partial charge in [0.2, 0.25) is 0 Å². The lowest BCUT2D eigenvalue weighted by Gasteiger charge is -2.23. The van der Waals surface area contributed by atoms with Gasteiger partial charge < -0.3 is 9.84 Å². The number of benzene rings is 1. The molecule has 1 atom stereocenters. The Morgan fingerprint density at radius 3 is 1.90 bits per heavy atom. The van der Waals surface area contributed by atoms with E-state index in [2.05, 4.69) is 0 Å². The van der Waals surface area contributed by atoms with Gasteiger partial charge in [0.05, 0.1) is 5.56 Å². The quantitative estimate of drug-likeness (QED) is 0.443. The number of hydrogen-bond donors (Lipinski definition) is 1. The molecule has 1 heterocycles. The van der Waals surface area contributed by atoms with E-state index in [1.165, 1.54) is 0 Å². The summed E-state index contributed by atoms with van der Waals surface area (Å²) in [6.07, 6.45) is -5.44. The third-order valence-electron chi connectivity index (χ3n) is 4.38. The highest BCUT2D eigenvalue weighted by molar-refractivity contribution is 6.06. The highest BCUT2D eigenvalue weighted by Gasteiger charge is 2.67. The number of rotatable bonds is 4. The number of aliphatic hydroxyl groups is 1. The summed E-state index contributed by atoms with van der Waals surface area (Å²) in [7, 11) is 0. The monoisotopic (exact) mass is 414 g/mol. The van der Waals surface area contributed by atoms with Crippen molar-refractivity contribution in [3.63, 3.8) is 0 Å². The van der Waals surface area contributed by atoms with Gasteiger partial charge in [-0.2, -0.15) is 13.2 Å². The van der Waals surface area contributed by atoms with Crippen LogP contribution in [0.25, 0.3) is 0 Å². The van der Waals surface area contributed by atoms with E-state index >= 15 is 0 Å². The molecule has 0 radical (unpaired) electrons. The van der Waals surface area contributed by atoms with Crippen LogP contribution in [-0.2, 0) is 10.4 Å². The van der Waals surface area contributed by atoms with Crippen LogP contribution in [0.4, 0.5) is 13.2 Å². The zero-order chi connectivity index (χ0) is 22.6. The summed E-state index contributed by atoms with van der Waals surface area (Å²) in [5, 5.41) is 10.2. The molecule has 1 aromatic carbocycles. The summed E-state index contributed by atoms with van der Waals surface area (Å²) in [6, 6.07) is 1.95. The van der Waals surface area contributed by atoms with Crippen molar-refractivity contribution in [2.45, 2.75) is 66.2 Å². The van der Waals surface area contributed by atoms with E-state index in [1.807, 2.05) is 0 Å². The van der Waals surface area contributed by atoms with Gasteiger partial charge in [-0.05, 0) is 23.0 Å². The van der Waals surface area contributed by atoms with Crippen LogP contribution in [0.5, 0.6) is 5.75 Å². The number of ketones is 2. The summed E-state index contributed by atoms with van der Waals surface area (Å²) >= 11 is 0. The summed E-state index contributed by atoms with van der Waals surface area (Å²) in [5.41, 5.74) is -6.32. The average Bonchev–Trinajstić information content (AvgIpc) is 2.75. The van der Waals surface area contributed by atoms with E-state index in [1.54, 1.807) is 41.5 Å². The molecule has 0 bridgehead atoms. The number of halogens is 3. The number of esters is 1. The first-order valence-corrected chi connectivity index (χ1v) is 9.13. The molecule has 0 aromatic heterocycles. The minimum atomic E-state index is -5.38. The molecule has 0 saturated heterocycles. The molecule has 1 aromatic rings. The van der Waals surface area contributed by atoms with Crippen molar-refractivity contribution in [1.29, 1.82) is 0 Å². The number of Topliss-reactive ketones (excluding diaryl/α,β-unsaturated/α-hetero) is 2. The van der Waals surface area contributed by atoms with Crippen LogP contribution in [0.15, 0.2) is 12.1 Å². The van der Waals surface area contributed by atoms with Crippen LogP contribution in [0.1, 0.15) is 80.7 Å². The van der Waals surface area contributed by atoms with Crippen molar-refractivity contribution < 1.29 is 37.4 Å². The zero-order valence-electron chi connectivity index (χ0n) is 17.3. The van der Waals surface area contributed by atoms with E-state index in [9.17, 15) is 32.7 Å². The Hall–Kier alpha value is -2.22. The predicted molar refractivity (Wildman–Crippen MR) is 98.8 cm³/mol. The maximum Gasteiger partial charge on any atom is 0.432 e. The molecule has 8 heteroatoms. The molecule has 1 unspecified atom stereocenters. The molecule has 0 spiro atoms.